The molecule has 7 nitrogen and oxygen atoms in total. The van der Waals surface area contributed by atoms with Crippen LogP contribution in [0.15, 0.2) is 54.7 Å². The molecule has 3 heterocycles. The standard InChI is InChI=1S/C29H32N4O3/c1-6-7-16-35-21-14-12-20(13-15-21)32-17-24(36-29(34)19(4)5)25-27(32)31-26(18(2)3)33-23-11-9-8-10-22(23)30-28(25)33/h8-15,17-19H,6-7,16H2,1-5H3. The molecule has 0 N–H and O–H groups in total. The first-order valence-electron chi connectivity index (χ1n) is 12.7. The van der Waals surface area contributed by atoms with E-state index in [1.54, 1.807) is 0 Å². The number of benzene rings is 2. The average Bonchev–Trinajstić information content (AvgIpc) is 3.42. The predicted octanol–water partition coefficient (Wildman–Crippen LogP) is 6.69. The number of unbranched alkanes of at least 4 members (excludes halogenated alkanes) is 1. The van der Waals surface area contributed by atoms with Crippen molar-refractivity contribution in [1.82, 2.24) is 18.9 Å². The highest BCUT2D eigenvalue weighted by atomic mass is 16.5. The maximum atomic E-state index is 12.7. The summed E-state index contributed by atoms with van der Waals surface area (Å²) in [6.45, 7) is 10.7. The van der Waals surface area contributed by atoms with E-state index in [-0.39, 0.29) is 17.8 Å². The van der Waals surface area contributed by atoms with Crippen molar-refractivity contribution in [3.05, 3.63) is 60.6 Å². The van der Waals surface area contributed by atoms with Gasteiger partial charge in [0.25, 0.3) is 0 Å². The first-order valence-corrected chi connectivity index (χ1v) is 12.7. The van der Waals surface area contributed by atoms with E-state index >= 15 is 0 Å². The van der Waals surface area contributed by atoms with Crippen molar-refractivity contribution >= 4 is 33.7 Å². The van der Waals surface area contributed by atoms with Gasteiger partial charge in [-0.05, 0) is 42.8 Å². The van der Waals surface area contributed by atoms with Gasteiger partial charge in [0.1, 0.15) is 17.0 Å². The zero-order valence-corrected chi connectivity index (χ0v) is 21.5. The third-order valence-electron chi connectivity index (χ3n) is 6.26. The van der Waals surface area contributed by atoms with Crippen LogP contribution in [0.4, 0.5) is 0 Å². The van der Waals surface area contributed by atoms with Crippen molar-refractivity contribution in [1.29, 1.82) is 0 Å². The summed E-state index contributed by atoms with van der Waals surface area (Å²) in [5.74, 6) is 1.76. The average molecular weight is 485 g/mol. The number of aromatic nitrogens is 4. The van der Waals surface area contributed by atoms with Crippen molar-refractivity contribution in [3.8, 4) is 17.2 Å². The Bertz CT molecular complexity index is 1540. The number of nitrogens with zero attached hydrogens (tertiary/aromatic N) is 4. The highest BCUT2D eigenvalue weighted by molar-refractivity contribution is 6.01. The lowest BCUT2D eigenvalue weighted by Crippen LogP contribution is -2.14. The van der Waals surface area contributed by atoms with Crippen LogP contribution in [-0.4, -0.2) is 31.5 Å². The van der Waals surface area contributed by atoms with Crippen LogP contribution in [-0.2, 0) is 4.79 Å². The fraction of sp³-hybridized carbons (Fsp3) is 0.345. The number of para-hydroxylation sites is 2. The van der Waals surface area contributed by atoms with Gasteiger partial charge in [0.05, 0.1) is 29.8 Å². The summed E-state index contributed by atoms with van der Waals surface area (Å²) in [6, 6.07) is 15.9. The minimum atomic E-state index is -0.295. The Balaban J connectivity index is 1.75. The summed E-state index contributed by atoms with van der Waals surface area (Å²) in [4.78, 5) is 22.7. The van der Waals surface area contributed by atoms with Gasteiger partial charge in [-0.1, -0.05) is 53.2 Å². The van der Waals surface area contributed by atoms with E-state index in [1.807, 2.05) is 73.1 Å². The van der Waals surface area contributed by atoms with E-state index in [4.69, 9.17) is 19.4 Å². The number of hydrogen-bond donors (Lipinski definition) is 0. The van der Waals surface area contributed by atoms with Crippen LogP contribution < -0.4 is 9.47 Å². The summed E-state index contributed by atoms with van der Waals surface area (Å²) in [6.07, 6.45) is 3.95. The topological polar surface area (TPSA) is 70.7 Å². The van der Waals surface area contributed by atoms with Gasteiger partial charge in [0.15, 0.2) is 17.0 Å². The van der Waals surface area contributed by atoms with Crippen LogP contribution >= 0.6 is 0 Å². The largest absolute Gasteiger partial charge is 0.494 e. The van der Waals surface area contributed by atoms with Crippen molar-refractivity contribution in [3.63, 3.8) is 0 Å². The minimum absolute atomic E-state index is 0.147. The number of imidazole rings is 1. The number of ether oxygens (including phenoxy) is 2. The Morgan fingerprint density at radius 2 is 1.72 bits per heavy atom. The zero-order valence-electron chi connectivity index (χ0n) is 21.5. The number of carbonyl (C=O) groups excluding carboxylic acids is 1. The third kappa shape index (κ3) is 4.19. The Hall–Kier alpha value is -3.87. The lowest BCUT2D eigenvalue weighted by Gasteiger charge is -2.12. The van der Waals surface area contributed by atoms with Crippen LogP contribution in [0.1, 0.15) is 59.2 Å². The Labute approximate surface area is 210 Å². The number of hydrogen-bond acceptors (Lipinski definition) is 5. The minimum Gasteiger partial charge on any atom is -0.494 e. The molecule has 2 aromatic carbocycles. The highest BCUT2D eigenvalue weighted by Crippen LogP contribution is 2.36. The monoisotopic (exact) mass is 484 g/mol. The van der Waals surface area contributed by atoms with Gasteiger partial charge in [-0.15, -0.1) is 0 Å². The summed E-state index contributed by atoms with van der Waals surface area (Å²) in [7, 11) is 0. The van der Waals surface area contributed by atoms with Crippen molar-refractivity contribution in [2.75, 3.05) is 6.61 Å². The van der Waals surface area contributed by atoms with Gasteiger partial charge in [-0.2, -0.15) is 0 Å². The van der Waals surface area contributed by atoms with Crippen LogP contribution in [0, 0.1) is 5.92 Å². The Morgan fingerprint density at radius 3 is 2.42 bits per heavy atom. The molecule has 0 spiro atoms. The van der Waals surface area contributed by atoms with E-state index in [2.05, 4.69) is 25.2 Å². The lowest BCUT2D eigenvalue weighted by atomic mass is 10.2. The van der Waals surface area contributed by atoms with Gasteiger partial charge in [-0.25, -0.2) is 9.97 Å². The smallest absolute Gasteiger partial charge is 0.313 e. The van der Waals surface area contributed by atoms with Gasteiger partial charge in [0.2, 0.25) is 0 Å². The molecule has 0 atom stereocenters. The molecular weight excluding hydrogens is 452 g/mol. The highest BCUT2D eigenvalue weighted by Gasteiger charge is 2.24. The summed E-state index contributed by atoms with van der Waals surface area (Å²) >= 11 is 0. The first kappa shape index (κ1) is 23.9. The molecule has 0 amide bonds. The molecule has 0 radical (unpaired) electrons. The van der Waals surface area contributed by atoms with Crippen LogP contribution in [0.3, 0.4) is 0 Å². The summed E-state index contributed by atoms with van der Waals surface area (Å²) in [5, 5.41) is 0.716. The van der Waals surface area contributed by atoms with E-state index in [0.717, 1.165) is 46.8 Å². The van der Waals surface area contributed by atoms with E-state index in [9.17, 15) is 4.79 Å². The van der Waals surface area contributed by atoms with Crippen LogP contribution in [0.2, 0.25) is 0 Å². The van der Waals surface area contributed by atoms with Crippen molar-refractivity contribution in [2.45, 2.75) is 53.4 Å². The molecule has 0 aliphatic rings. The molecule has 0 saturated heterocycles. The molecule has 0 saturated carbocycles. The van der Waals surface area contributed by atoms with Crippen LogP contribution in [0.5, 0.6) is 11.5 Å². The van der Waals surface area contributed by atoms with Gasteiger partial charge in [-0.3, -0.25) is 13.8 Å². The zero-order chi connectivity index (χ0) is 25.4. The molecule has 3 aromatic heterocycles. The lowest BCUT2D eigenvalue weighted by molar-refractivity contribution is -0.137. The molecular formula is C29H32N4O3. The Morgan fingerprint density at radius 1 is 0.972 bits per heavy atom. The molecule has 5 aromatic rings. The Kier molecular flexibility index (Phi) is 6.39. The third-order valence-corrected chi connectivity index (χ3v) is 6.26. The van der Waals surface area contributed by atoms with Gasteiger partial charge >= 0.3 is 5.97 Å². The maximum absolute atomic E-state index is 12.7. The first-order chi connectivity index (χ1) is 17.4. The number of carbonyl (C=O) groups is 1. The molecule has 36 heavy (non-hydrogen) atoms. The molecule has 7 heteroatoms. The predicted molar refractivity (Wildman–Crippen MR) is 142 cm³/mol. The second-order valence-corrected chi connectivity index (χ2v) is 9.72. The summed E-state index contributed by atoms with van der Waals surface area (Å²) in [5.41, 5.74) is 4.18. The second-order valence-electron chi connectivity index (χ2n) is 9.72. The van der Waals surface area contributed by atoms with Crippen molar-refractivity contribution in [2.24, 2.45) is 5.92 Å². The van der Waals surface area contributed by atoms with E-state index < -0.39 is 0 Å². The van der Waals surface area contributed by atoms with E-state index in [1.165, 1.54) is 0 Å². The molecule has 0 unspecified atom stereocenters. The van der Waals surface area contributed by atoms with Crippen molar-refractivity contribution < 1.29 is 14.3 Å². The maximum Gasteiger partial charge on any atom is 0.313 e. The second kappa shape index (κ2) is 9.64. The number of rotatable bonds is 8. The normalized spacial score (nSPS) is 11.9. The SMILES string of the molecule is CCCCOc1ccc(-n2cc(OC(=O)C(C)C)c3c2nc(C(C)C)n2c4ccccc4nc32)cc1. The quantitative estimate of drug-likeness (QED) is 0.181. The molecule has 0 bridgehead atoms. The number of esters is 1. The molecule has 5 rings (SSSR count). The molecule has 0 aliphatic carbocycles. The van der Waals surface area contributed by atoms with E-state index in [0.29, 0.717) is 23.4 Å². The van der Waals surface area contributed by atoms with Gasteiger partial charge < -0.3 is 9.47 Å². The summed E-state index contributed by atoms with van der Waals surface area (Å²) < 4.78 is 15.8. The molecule has 0 aliphatic heterocycles. The van der Waals surface area contributed by atoms with Gasteiger partial charge in [0, 0.05) is 11.6 Å². The molecule has 0 fully saturated rings. The number of fused-ring (bicyclic) bond motifs is 5. The fourth-order valence-electron chi connectivity index (χ4n) is 4.30. The fourth-order valence-corrected chi connectivity index (χ4v) is 4.30. The molecule has 186 valence electrons. The van der Waals surface area contributed by atoms with Crippen LogP contribution in [0.25, 0.3) is 33.4 Å².